The van der Waals surface area contributed by atoms with E-state index in [2.05, 4.69) is 5.32 Å². The van der Waals surface area contributed by atoms with E-state index < -0.39 is 17.8 Å². The molecule has 0 radical (unpaired) electrons. The summed E-state index contributed by atoms with van der Waals surface area (Å²) in [6.45, 7) is 1.94. The Morgan fingerprint density at radius 3 is 2.42 bits per heavy atom. The predicted molar refractivity (Wildman–Crippen MR) is 71.4 cm³/mol. The van der Waals surface area contributed by atoms with E-state index in [4.69, 9.17) is 0 Å². The minimum Gasteiger partial charge on any atom is -0.309 e. The van der Waals surface area contributed by atoms with Crippen molar-refractivity contribution in [2.45, 2.75) is 19.1 Å². The zero-order valence-corrected chi connectivity index (χ0v) is 11.4. The lowest BCUT2D eigenvalue weighted by Gasteiger charge is -2.20. The van der Waals surface area contributed by atoms with E-state index in [1.54, 1.807) is 13.1 Å². The summed E-state index contributed by atoms with van der Waals surface area (Å²) in [6, 6.07) is 7.17. The van der Waals surface area contributed by atoms with Gasteiger partial charge in [0.25, 0.3) is 0 Å². The smallest absolute Gasteiger partial charge is 0.309 e. The van der Waals surface area contributed by atoms with Crippen LogP contribution in [0.1, 0.15) is 27.6 Å². The zero-order chi connectivity index (χ0) is 14.0. The molecule has 1 nitrogen and oxygen atoms in total. The number of thiophene rings is 1. The zero-order valence-electron chi connectivity index (χ0n) is 10.6. The highest BCUT2D eigenvalue weighted by Crippen LogP contribution is 2.37. The van der Waals surface area contributed by atoms with Gasteiger partial charge in [-0.1, -0.05) is 18.2 Å². The third-order valence-electron chi connectivity index (χ3n) is 2.95. The van der Waals surface area contributed by atoms with Crippen LogP contribution in [0.2, 0.25) is 0 Å². The standard InChI is InChI=1S/C14H14F3NS/c1-9-7-10(8-19-9)13(18-2)11-5-3-4-6-12(11)14(15,16)17/h3-8,13,18H,1-2H3. The predicted octanol–water partition coefficient (Wildman–Crippen LogP) is 4.38. The fourth-order valence-corrected chi connectivity index (χ4v) is 2.85. The number of benzene rings is 1. The van der Waals surface area contributed by atoms with Gasteiger partial charge < -0.3 is 5.32 Å². The summed E-state index contributed by atoms with van der Waals surface area (Å²) < 4.78 is 39.1. The molecule has 1 aromatic carbocycles. The monoisotopic (exact) mass is 285 g/mol. The van der Waals surface area contributed by atoms with E-state index in [0.717, 1.165) is 16.5 Å². The fourth-order valence-electron chi connectivity index (χ4n) is 2.12. The molecule has 0 spiro atoms. The van der Waals surface area contributed by atoms with Gasteiger partial charge in [0.15, 0.2) is 0 Å². The Morgan fingerprint density at radius 2 is 1.89 bits per heavy atom. The lowest BCUT2D eigenvalue weighted by Crippen LogP contribution is -2.21. The highest BCUT2D eigenvalue weighted by Gasteiger charge is 2.35. The topological polar surface area (TPSA) is 12.0 Å². The third-order valence-corrected chi connectivity index (χ3v) is 3.83. The maximum absolute atomic E-state index is 13.0. The normalized spacial score (nSPS) is 13.5. The van der Waals surface area contributed by atoms with E-state index in [0.29, 0.717) is 0 Å². The summed E-state index contributed by atoms with van der Waals surface area (Å²) >= 11 is 1.53. The van der Waals surface area contributed by atoms with Crippen LogP contribution in [0.3, 0.4) is 0 Å². The molecule has 1 unspecified atom stereocenters. The van der Waals surface area contributed by atoms with Gasteiger partial charge in [0.2, 0.25) is 0 Å². The van der Waals surface area contributed by atoms with Gasteiger partial charge in [-0.25, -0.2) is 0 Å². The number of alkyl halides is 3. The quantitative estimate of drug-likeness (QED) is 0.882. The van der Waals surface area contributed by atoms with Crippen molar-refractivity contribution in [3.63, 3.8) is 0 Å². The van der Waals surface area contributed by atoms with Crippen molar-refractivity contribution in [3.8, 4) is 0 Å². The van der Waals surface area contributed by atoms with Crippen molar-refractivity contribution >= 4 is 11.3 Å². The van der Waals surface area contributed by atoms with Crippen molar-refractivity contribution in [2.24, 2.45) is 0 Å². The molecule has 0 bridgehead atoms. The van der Waals surface area contributed by atoms with E-state index in [1.807, 2.05) is 18.4 Å². The Bertz CT molecular complexity index is 560. The number of nitrogens with one attached hydrogen (secondary N) is 1. The van der Waals surface area contributed by atoms with Crippen LogP contribution < -0.4 is 5.32 Å². The van der Waals surface area contributed by atoms with Gasteiger partial charge in [-0.2, -0.15) is 13.2 Å². The number of halogens is 3. The van der Waals surface area contributed by atoms with Gasteiger partial charge in [0, 0.05) is 4.88 Å². The number of hydrogen-bond acceptors (Lipinski definition) is 2. The van der Waals surface area contributed by atoms with Crippen molar-refractivity contribution in [2.75, 3.05) is 7.05 Å². The van der Waals surface area contributed by atoms with E-state index in [9.17, 15) is 13.2 Å². The van der Waals surface area contributed by atoms with Gasteiger partial charge in [-0.05, 0) is 42.6 Å². The second-order valence-corrected chi connectivity index (χ2v) is 5.41. The number of aryl methyl sites for hydroxylation is 1. The van der Waals surface area contributed by atoms with E-state index in [-0.39, 0.29) is 5.56 Å². The van der Waals surface area contributed by atoms with Crippen molar-refractivity contribution in [1.82, 2.24) is 5.32 Å². The van der Waals surface area contributed by atoms with Crippen LogP contribution in [-0.2, 0) is 6.18 Å². The Hall–Kier alpha value is -1.33. The Balaban J connectivity index is 2.50. The molecular formula is C14H14F3NS. The lowest BCUT2D eigenvalue weighted by molar-refractivity contribution is -0.138. The molecule has 5 heteroatoms. The highest BCUT2D eigenvalue weighted by molar-refractivity contribution is 7.10. The fraction of sp³-hybridized carbons (Fsp3) is 0.286. The van der Waals surface area contributed by atoms with Gasteiger partial charge >= 0.3 is 6.18 Å². The molecule has 2 rings (SSSR count). The summed E-state index contributed by atoms with van der Waals surface area (Å²) in [7, 11) is 1.67. The summed E-state index contributed by atoms with van der Waals surface area (Å²) in [5, 5.41) is 4.86. The molecule has 1 atom stereocenters. The molecule has 0 fully saturated rings. The number of rotatable bonds is 3. The SMILES string of the molecule is CNC(c1csc(C)c1)c1ccccc1C(F)(F)F. The summed E-state index contributed by atoms with van der Waals surface area (Å²) in [6.07, 6.45) is -4.34. The molecule has 0 aliphatic carbocycles. The Morgan fingerprint density at radius 1 is 1.21 bits per heavy atom. The van der Waals surface area contributed by atoms with Crippen LogP contribution in [0.5, 0.6) is 0 Å². The first-order valence-electron chi connectivity index (χ1n) is 5.82. The van der Waals surface area contributed by atoms with E-state index >= 15 is 0 Å². The lowest BCUT2D eigenvalue weighted by atomic mass is 9.96. The largest absolute Gasteiger partial charge is 0.416 e. The number of hydrogen-bond donors (Lipinski definition) is 1. The minimum atomic E-state index is -4.34. The molecule has 0 saturated heterocycles. The molecular weight excluding hydrogens is 271 g/mol. The van der Waals surface area contributed by atoms with Crippen LogP contribution in [0, 0.1) is 6.92 Å². The molecule has 1 N–H and O–H groups in total. The van der Waals surface area contributed by atoms with Crippen LogP contribution >= 0.6 is 11.3 Å². The first-order chi connectivity index (χ1) is 8.93. The van der Waals surface area contributed by atoms with Crippen LogP contribution in [0.15, 0.2) is 35.7 Å². The first kappa shape index (κ1) is 14.1. The van der Waals surface area contributed by atoms with Crippen LogP contribution in [0.25, 0.3) is 0 Å². The van der Waals surface area contributed by atoms with Gasteiger partial charge in [0.1, 0.15) is 0 Å². The minimum absolute atomic E-state index is 0.260. The molecule has 1 heterocycles. The molecule has 19 heavy (non-hydrogen) atoms. The Labute approximate surface area is 114 Å². The highest BCUT2D eigenvalue weighted by atomic mass is 32.1. The maximum atomic E-state index is 13.0. The molecule has 1 aromatic heterocycles. The molecule has 2 aromatic rings. The van der Waals surface area contributed by atoms with Gasteiger partial charge in [-0.3, -0.25) is 0 Å². The van der Waals surface area contributed by atoms with Gasteiger partial charge in [0.05, 0.1) is 11.6 Å². The summed E-state index contributed by atoms with van der Waals surface area (Å²) in [4.78, 5) is 1.08. The average molecular weight is 285 g/mol. The molecule has 0 aliphatic rings. The van der Waals surface area contributed by atoms with Crippen LogP contribution in [0.4, 0.5) is 13.2 Å². The maximum Gasteiger partial charge on any atom is 0.416 e. The van der Waals surface area contributed by atoms with E-state index in [1.165, 1.54) is 23.5 Å². The van der Waals surface area contributed by atoms with Gasteiger partial charge in [-0.15, -0.1) is 11.3 Å². The van der Waals surface area contributed by atoms with Crippen LogP contribution in [-0.4, -0.2) is 7.05 Å². The summed E-state index contributed by atoms with van der Waals surface area (Å²) in [5.74, 6) is 0. The first-order valence-corrected chi connectivity index (χ1v) is 6.70. The molecule has 0 aliphatic heterocycles. The van der Waals surface area contributed by atoms with Crippen molar-refractivity contribution < 1.29 is 13.2 Å². The van der Waals surface area contributed by atoms with Crippen molar-refractivity contribution in [1.29, 1.82) is 0 Å². The molecule has 0 saturated carbocycles. The molecule has 0 amide bonds. The second kappa shape index (κ2) is 5.35. The summed E-state index contributed by atoms with van der Waals surface area (Å²) in [5.41, 5.74) is 0.537. The average Bonchev–Trinajstić information content (AvgIpc) is 2.76. The third kappa shape index (κ3) is 2.98. The Kier molecular flexibility index (Phi) is 3.96. The molecule has 102 valence electrons. The second-order valence-electron chi connectivity index (χ2n) is 4.30. The van der Waals surface area contributed by atoms with Crippen molar-refractivity contribution in [3.05, 3.63) is 57.3 Å².